The van der Waals surface area contributed by atoms with Gasteiger partial charge in [0.2, 0.25) is 0 Å². The zero-order valence-electron chi connectivity index (χ0n) is 8.90. The molecule has 1 radical (unpaired) electrons. The van der Waals surface area contributed by atoms with E-state index in [1.165, 1.54) is 22.3 Å². The number of hydrogen-bond donors (Lipinski definition) is 0. The van der Waals surface area contributed by atoms with Crippen LogP contribution in [0.3, 0.4) is 0 Å². The van der Waals surface area contributed by atoms with Crippen molar-refractivity contribution in [2.75, 3.05) is 0 Å². The molecule has 0 spiro atoms. The molecule has 0 heterocycles. The van der Waals surface area contributed by atoms with Gasteiger partial charge in [0.15, 0.2) is 0 Å². The Morgan fingerprint density at radius 3 is 2.27 bits per heavy atom. The molecule has 2 rings (SSSR count). The minimum absolute atomic E-state index is 0. The molecule has 0 aromatic carbocycles. The summed E-state index contributed by atoms with van der Waals surface area (Å²) in [5.41, 5.74) is 5.70. The summed E-state index contributed by atoms with van der Waals surface area (Å²) in [5.74, 6) is 0. The van der Waals surface area contributed by atoms with Crippen LogP contribution in [0.4, 0.5) is 0 Å². The first-order valence-electron chi connectivity index (χ1n) is 4.42. The van der Waals surface area contributed by atoms with Gasteiger partial charge in [0.05, 0.1) is 0 Å². The Morgan fingerprint density at radius 2 is 1.87 bits per heavy atom. The first kappa shape index (κ1) is 17.8. The maximum Gasteiger partial charge on any atom is 3.00 e. The van der Waals surface area contributed by atoms with Crippen LogP contribution < -0.4 is 24.8 Å². The van der Waals surface area contributed by atoms with Gasteiger partial charge in [-0.3, -0.25) is 0 Å². The molecule has 15 heavy (non-hydrogen) atoms. The minimum Gasteiger partial charge on any atom is -1.00 e. The van der Waals surface area contributed by atoms with Crippen LogP contribution in [0.15, 0.2) is 40.5 Å². The molecule has 0 bridgehead atoms. The van der Waals surface area contributed by atoms with Crippen LogP contribution in [0.2, 0.25) is 0 Å². The van der Waals surface area contributed by atoms with Crippen molar-refractivity contribution in [3.63, 3.8) is 0 Å². The van der Waals surface area contributed by atoms with Gasteiger partial charge in [-0.25, -0.2) is 0 Å². The van der Waals surface area contributed by atoms with E-state index in [0.717, 1.165) is 12.8 Å². The van der Waals surface area contributed by atoms with E-state index >= 15 is 0 Å². The van der Waals surface area contributed by atoms with Crippen molar-refractivity contribution in [1.29, 1.82) is 0 Å². The largest absolute Gasteiger partial charge is 3.00 e. The molecule has 0 saturated heterocycles. The van der Waals surface area contributed by atoms with Crippen LogP contribution in [0.1, 0.15) is 26.7 Å². The fourth-order valence-electron chi connectivity index (χ4n) is 1.69. The van der Waals surface area contributed by atoms with E-state index in [1.807, 2.05) is 0 Å². The Balaban J connectivity index is 0. The molecule has 3 heteroatoms. The molecule has 0 aromatic rings. The van der Waals surface area contributed by atoms with Gasteiger partial charge in [0, 0.05) is 0 Å². The number of hydrogen-bond acceptors (Lipinski definition) is 0. The first-order chi connectivity index (χ1) is 5.79. The van der Waals surface area contributed by atoms with Crippen molar-refractivity contribution in [1.82, 2.24) is 0 Å². The van der Waals surface area contributed by atoms with E-state index in [-0.39, 0.29) is 51.0 Å². The summed E-state index contributed by atoms with van der Waals surface area (Å²) < 4.78 is 0. The van der Waals surface area contributed by atoms with Crippen LogP contribution in [-0.4, -0.2) is 0 Å². The molecule has 0 N–H and O–H groups in total. The number of halogens is 2. The Hall–Kier alpha value is 0.423. The number of rotatable bonds is 1. The van der Waals surface area contributed by atoms with Crippen LogP contribution in [0.5, 0.6) is 0 Å². The summed E-state index contributed by atoms with van der Waals surface area (Å²) >= 11 is 0. The van der Waals surface area contributed by atoms with Gasteiger partial charge in [0.25, 0.3) is 0 Å². The van der Waals surface area contributed by atoms with Crippen LogP contribution in [0.25, 0.3) is 0 Å². The van der Waals surface area contributed by atoms with E-state index in [0.29, 0.717) is 0 Å². The smallest absolute Gasteiger partial charge is 1.00 e. The number of allylic oxidation sites excluding steroid dienone is 8. The summed E-state index contributed by atoms with van der Waals surface area (Å²) in [5, 5.41) is 0. The standard InChI is InChI=1S/C12H13.2ClH.Zr/c1-9-7-8-12(10(9)2)11-5-3-4-6-11;;;/h3-5H,6-7H2,1-2H3;2*1H;/q-1;;;+3/p-2. The quantitative estimate of drug-likeness (QED) is 0.463. The van der Waals surface area contributed by atoms with Crippen molar-refractivity contribution in [2.24, 2.45) is 0 Å². The van der Waals surface area contributed by atoms with Crippen molar-refractivity contribution < 1.29 is 51.0 Å². The van der Waals surface area contributed by atoms with Gasteiger partial charge in [-0.2, -0.15) is 17.2 Å². The van der Waals surface area contributed by atoms with E-state index in [4.69, 9.17) is 0 Å². The molecule has 79 valence electrons. The molecule has 0 saturated carbocycles. The van der Waals surface area contributed by atoms with Crippen molar-refractivity contribution in [2.45, 2.75) is 26.7 Å². The van der Waals surface area contributed by atoms with E-state index in [2.05, 4.69) is 38.2 Å². The Bertz CT molecular complexity index is 336. The van der Waals surface area contributed by atoms with E-state index in [1.54, 1.807) is 0 Å². The van der Waals surface area contributed by atoms with Crippen molar-refractivity contribution in [3.05, 3.63) is 46.6 Å². The van der Waals surface area contributed by atoms with Crippen LogP contribution in [-0.2, 0) is 26.2 Å². The Kier molecular flexibility index (Phi) is 9.09. The zero-order valence-corrected chi connectivity index (χ0v) is 12.9. The summed E-state index contributed by atoms with van der Waals surface area (Å²) in [7, 11) is 0. The van der Waals surface area contributed by atoms with E-state index < -0.39 is 0 Å². The third-order valence-electron chi connectivity index (χ3n) is 2.64. The van der Waals surface area contributed by atoms with Crippen LogP contribution >= 0.6 is 0 Å². The molecule has 0 amide bonds. The molecule has 0 aliphatic heterocycles. The Morgan fingerprint density at radius 1 is 1.20 bits per heavy atom. The fourth-order valence-corrected chi connectivity index (χ4v) is 1.69. The predicted molar refractivity (Wildman–Crippen MR) is 51.6 cm³/mol. The average molecular weight is 319 g/mol. The average Bonchev–Trinajstić information content (AvgIpc) is 2.64. The maximum absolute atomic E-state index is 3.43. The molecule has 0 aromatic heterocycles. The second-order valence-corrected chi connectivity index (χ2v) is 3.46. The van der Waals surface area contributed by atoms with Gasteiger partial charge in [-0.05, 0) is 0 Å². The third-order valence-corrected chi connectivity index (χ3v) is 2.64. The zero-order chi connectivity index (χ0) is 8.55. The molecule has 0 nitrogen and oxygen atoms in total. The van der Waals surface area contributed by atoms with Gasteiger partial charge >= 0.3 is 26.2 Å². The second kappa shape index (κ2) is 7.66. The predicted octanol–water partition coefficient (Wildman–Crippen LogP) is -2.65. The Labute approximate surface area is 124 Å². The minimum atomic E-state index is 0. The monoisotopic (exact) mass is 317 g/mol. The molecule has 2 aliphatic carbocycles. The maximum atomic E-state index is 3.43. The van der Waals surface area contributed by atoms with Gasteiger partial charge < -0.3 is 24.8 Å². The first-order valence-corrected chi connectivity index (χ1v) is 4.42. The third kappa shape index (κ3) is 3.73. The molecular weight excluding hydrogens is 306 g/mol. The van der Waals surface area contributed by atoms with Crippen LogP contribution in [0, 0.1) is 6.08 Å². The van der Waals surface area contributed by atoms with Crippen molar-refractivity contribution >= 4 is 0 Å². The topological polar surface area (TPSA) is 0 Å². The summed E-state index contributed by atoms with van der Waals surface area (Å²) in [4.78, 5) is 0. The van der Waals surface area contributed by atoms with Gasteiger partial charge in [-0.1, -0.05) is 38.8 Å². The molecule has 0 atom stereocenters. The SMILES string of the molecule is CC1=C(C)C(C2=CC=CC2)=[C-]C1.[Cl-].[Cl-].[Zr+3]. The second-order valence-electron chi connectivity index (χ2n) is 3.46. The summed E-state index contributed by atoms with van der Waals surface area (Å²) in [6.45, 7) is 4.39. The molecule has 0 fully saturated rings. The molecular formula is C12H13Cl2Zr. The fraction of sp³-hybridized carbons (Fsp3) is 0.333. The summed E-state index contributed by atoms with van der Waals surface area (Å²) in [6, 6.07) is 0. The van der Waals surface area contributed by atoms with Crippen molar-refractivity contribution in [3.8, 4) is 0 Å². The van der Waals surface area contributed by atoms with Gasteiger partial charge in [0.1, 0.15) is 0 Å². The van der Waals surface area contributed by atoms with E-state index in [9.17, 15) is 0 Å². The molecule has 0 unspecified atom stereocenters. The summed E-state index contributed by atoms with van der Waals surface area (Å²) in [6.07, 6.45) is 12.1. The normalized spacial score (nSPS) is 17.5. The van der Waals surface area contributed by atoms with Gasteiger partial charge in [-0.15, -0.1) is 17.2 Å². The molecule has 2 aliphatic rings.